The summed E-state index contributed by atoms with van der Waals surface area (Å²) in [6.45, 7) is 0.465. The molecule has 0 radical (unpaired) electrons. The van der Waals surface area contributed by atoms with Crippen LogP contribution in [0.4, 0.5) is 10.5 Å². The molecular weight excluding hydrogens is 504 g/mol. The Kier molecular flexibility index (Phi) is 5.77. The summed E-state index contributed by atoms with van der Waals surface area (Å²) in [5.41, 5.74) is 1.73. The van der Waals surface area contributed by atoms with E-state index in [0.717, 1.165) is 14.9 Å². The number of halogens is 1. The van der Waals surface area contributed by atoms with Crippen LogP contribution < -0.4 is 24.4 Å². The Labute approximate surface area is 202 Å². The Morgan fingerprint density at radius 3 is 2.44 bits per heavy atom. The first-order valence-electron chi connectivity index (χ1n) is 10.3. The predicted octanol–water partition coefficient (Wildman–Crippen LogP) is 4.42. The molecule has 1 saturated heterocycles. The van der Waals surface area contributed by atoms with Crippen molar-refractivity contribution in [2.24, 2.45) is 0 Å². The molecule has 3 aromatic rings. The number of hydrogen-bond donors (Lipinski definition) is 1. The van der Waals surface area contributed by atoms with Gasteiger partial charge in [0.15, 0.2) is 11.5 Å². The van der Waals surface area contributed by atoms with E-state index in [9.17, 15) is 14.4 Å². The standard InChI is InChI=1S/C25H17BrN2O6/c26-17-5-1-16(2-6-17)13-32-19-8-3-15(4-9-19)11-20-23(29)27-25(31)28(24(20)30)18-7-10-21-22(12-18)34-14-33-21/h1-12H,13-14H2,(H,27,29,31)/b20-11+. The normalized spacial score (nSPS) is 16.1. The first-order chi connectivity index (χ1) is 16.5. The van der Waals surface area contributed by atoms with Crippen molar-refractivity contribution in [1.82, 2.24) is 5.32 Å². The van der Waals surface area contributed by atoms with E-state index < -0.39 is 17.8 Å². The molecule has 2 aliphatic heterocycles. The fourth-order valence-corrected chi connectivity index (χ4v) is 3.75. The number of ether oxygens (including phenoxy) is 3. The number of imide groups is 2. The minimum Gasteiger partial charge on any atom is -0.489 e. The van der Waals surface area contributed by atoms with Gasteiger partial charge in [0.25, 0.3) is 11.8 Å². The summed E-state index contributed by atoms with van der Waals surface area (Å²) in [7, 11) is 0. The zero-order valence-corrected chi connectivity index (χ0v) is 19.2. The summed E-state index contributed by atoms with van der Waals surface area (Å²) in [5, 5.41) is 2.21. The van der Waals surface area contributed by atoms with Crippen molar-refractivity contribution in [3.63, 3.8) is 0 Å². The molecule has 8 nitrogen and oxygen atoms in total. The SMILES string of the molecule is O=C1NC(=O)N(c2ccc3c(c2)OCO3)C(=O)/C1=C/c1ccc(OCc2ccc(Br)cc2)cc1. The molecule has 0 aliphatic carbocycles. The summed E-state index contributed by atoms with van der Waals surface area (Å²) in [4.78, 5) is 38.8. The van der Waals surface area contributed by atoms with Gasteiger partial charge in [-0.2, -0.15) is 0 Å². The Balaban J connectivity index is 1.33. The van der Waals surface area contributed by atoms with Crippen molar-refractivity contribution in [1.29, 1.82) is 0 Å². The average Bonchev–Trinajstić information content (AvgIpc) is 3.30. The molecule has 0 saturated carbocycles. The molecule has 34 heavy (non-hydrogen) atoms. The molecule has 0 bridgehead atoms. The smallest absolute Gasteiger partial charge is 0.335 e. The van der Waals surface area contributed by atoms with Gasteiger partial charge in [0.1, 0.15) is 17.9 Å². The molecule has 0 atom stereocenters. The van der Waals surface area contributed by atoms with Crippen LogP contribution in [0.15, 0.2) is 76.8 Å². The van der Waals surface area contributed by atoms with Gasteiger partial charge < -0.3 is 14.2 Å². The van der Waals surface area contributed by atoms with E-state index in [1.165, 1.54) is 12.1 Å². The number of amides is 4. The van der Waals surface area contributed by atoms with Crippen LogP contribution in [-0.4, -0.2) is 24.6 Å². The molecule has 2 aliphatic rings. The van der Waals surface area contributed by atoms with Crippen LogP contribution in [0, 0.1) is 0 Å². The number of fused-ring (bicyclic) bond motifs is 1. The van der Waals surface area contributed by atoms with Crippen molar-refractivity contribution >= 4 is 45.5 Å². The number of carbonyl (C=O) groups excluding carboxylic acids is 3. The number of hydrogen-bond acceptors (Lipinski definition) is 6. The predicted molar refractivity (Wildman–Crippen MR) is 126 cm³/mol. The quantitative estimate of drug-likeness (QED) is 0.395. The van der Waals surface area contributed by atoms with E-state index in [0.29, 0.717) is 29.4 Å². The Morgan fingerprint density at radius 2 is 1.68 bits per heavy atom. The molecular formula is C25H17BrN2O6. The summed E-state index contributed by atoms with van der Waals surface area (Å²) >= 11 is 3.40. The third-order valence-corrected chi connectivity index (χ3v) is 5.75. The van der Waals surface area contributed by atoms with Gasteiger partial charge in [-0.1, -0.05) is 40.2 Å². The topological polar surface area (TPSA) is 94.2 Å². The average molecular weight is 521 g/mol. The van der Waals surface area contributed by atoms with Gasteiger partial charge in [-0.3, -0.25) is 14.9 Å². The maximum Gasteiger partial charge on any atom is 0.335 e. The maximum atomic E-state index is 13.1. The highest BCUT2D eigenvalue weighted by Gasteiger charge is 2.37. The number of anilines is 1. The third kappa shape index (κ3) is 4.38. The second-order valence-corrected chi connectivity index (χ2v) is 8.40. The molecule has 0 aromatic heterocycles. The fraction of sp³-hybridized carbons (Fsp3) is 0.0800. The van der Waals surface area contributed by atoms with E-state index in [-0.39, 0.29) is 18.1 Å². The molecule has 5 rings (SSSR count). The van der Waals surface area contributed by atoms with Crippen molar-refractivity contribution in [3.05, 3.63) is 87.9 Å². The van der Waals surface area contributed by atoms with E-state index >= 15 is 0 Å². The number of rotatable bonds is 5. The second-order valence-electron chi connectivity index (χ2n) is 7.48. The molecule has 0 unspecified atom stereocenters. The molecule has 2 heterocycles. The van der Waals surface area contributed by atoms with Crippen LogP contribution >= 0.6 is 15.9 Å². The van der Waals surface area contributed by atoms with E-state index in [1.54, 1.807) is 36.4 Å². The monoisotopic (exact) mass is 520 g/mol. The number of benzene rings is 3. The van der Waals surface area contributed by atoms with Crippen LogP contribution in [0.25, 0.3) is 6.08 Å². The minimum absolute atomic E-state index is 0.0609. The molecule has 3 aromatic carbocycles. The lowest BCUT2D eigenvalue weighted by Crippen LogP contribution is -2.54. The van der Waals surface area contributed by atoms with E-state index in [4.69, 9.17) is 14.2 Å². The van der Waals surface area contributed by atoms with E-state index in [1.807, 2.05) is 24.3 Å². The number of barbiturate groups is 1. The van der Waals surface area contributed by atoms with Crippen molar-refractivity contribution in [2.45, 2.75) is 6.61 Å². The first-order valence-corrected chi connectivity index (χ1v) is 11.1. The molecule has 1 N–H and O–H groups in total. The lowest BCUT2D eigenvalue weighted by Gasteiger charge is -2.26. The lowest BCUT2D eigenvalue weighted by atomic mass is 10.1. The molecule has 170 valence electrons. The molecule has 4 amide bonds. The second kappa shape index (κ2) is 9.03. The zero-order valence-electron chi connectivity index (χ0n) is 17.6. The first kappa shape index (κ1) is 21.7. The lowest BCUT2D eigenvalue weighted by molar-refractivity contribution is -0.122. The van der Waals surface area contributed by atoms with Crippen LogP contribution in [0.1, 0.15) is 11.1 Å². The number of nitrogens with one attached hydrogen (secondary N) is 1. The van der Waals surface area contributed by atoms with Crippen LogP contribution in [0.2, 0.25) is 0 Å². The summed E-state index contributed by atoms with van der Waals surface area (Å²) < 4.78 is 17.4. The summed E-state index contributed by atoms with van der Waals surface area (Å²) in [6.07, 6.45) is 1.43. The van der Waals surface area contributed by atoms with E-state index in [2.05, 4.69) is 21.2 Å². The number of nitrogens with zero attached hydrogens (tertiary/aromatic N) is 1. The summed E-state index contributed by atoms with van der Waals surface area (Å²) in [6, 6.07) is 18.6. The Bertz CT molecular complexity index is 1320. The van der Waals surface area contributed by atoms with Gasteiger partial charge in [0.05, 0.1) is 5.69 Å². The molecule has 9 heteroatoms. The maximum absolute atomic E-state index is 13.1. The minimum atomic E-state index is -0.831. The van der Waals surface area contributed by atoms with Crippen LogP contribution in [-0.2, 0) is 16.2 Å². The van der Waals surface area contributed by atoms with Gasteiger partial charge in [-0.15, -0.1) is 0 Å². The molecule has 1 fully saturated rings. The largest absolute Gasteiger partial charge is 0.489 e. The number of carbonyl (C=O) groups is 3. The zero-order chi connectivity index (χ0) is 23.7. The third-order valence-electron chi connectivity index (χ3n) is 5.23. The van der Waals surface area contributed by atoms with Crippen molar-refractivity contribution < 1.29 is 28.6 Å². The van der Waals surface area contributed by atoms with Gasteiger partial charge in [-0.05, 0) is 53.6 Å². The Morgan fingerprint density at radius 1 is 0.941 bits per heavy atom. The van der Waals surface area contributed by atoms with Crippen LogP contribution in [0.5, 0.6) is 17.2 Å². The van der Waals surface area contributed by atoms with Gasteiger partial charge in [0.2, 0.25) is 6.79 Å². The fourth-order valence-electron chi connectivity index (χ4n) is 3.49. The summed E-state index contributed by atoms with van der Waals surface area (Å²) in [5.74, 6) is 0.0783. The van der Waals surface area contributed by atoms with Gasteiger partial charge in [-0.25, -0.2) is 9.69 Å². The van der Waals surface area contributed by atoms with Crippen LogP contribution in [0.3, 0.4) is 0 Å². The molecule has 0 spiro atoms. The highest BCUT2D eigenvalue weighted by molar-refractivity contribution is 9.10. The Hall–Kier alpha value is -4.11. The highest BCUT2D eigenvalue weighted by Crippen LogP contribution is 2.36. The van der Waals surface area contributed by atoms with Crippen molar-refractivity contribution in [2.75, 3.05) is 11.7 Å². The van der Waals surface area contributed by atoms with Gasteiger partial charge >= 0.3 is 6.03 Å². The van der Waals surface area contributed by atoms with Crippen molar-refractivity contribution in [3.8, 4) is 17.2 Å². The number of urea groups is 1. The highest BCUT2D eigenvalue weighted by atomic mass is 79.9. The van der Waals surface area contributed by atoms with Gasteiger partial charge in [0, 0.05) is 10.5 Å².